The first kappa shape index (κ1) is 23.9. The molecule has 10 heteroatoms. The highest BCUT2D eigenvalue weighted by molar-refractivity contribution is 7.91. The van der Waals surface area contributed by atoms with Gasteiger partial charge in [0.1, 0.15) is 5.75 Å². The average molecular weight is 448 g/mol. The number of carbonyl (C=O) groups excluding carboxylic acids is 2. The van der Waals surface area contributed by atoms with Gasteiger partial charge in [-0.3, -0.25) is 14.8 Å². The molecule has 0 aliphatic heterocycles. The summed E-state index contributed by atoms with van der Waals surface area (Å²) in [7, 11) is 0.405. The predicted molar refractivity (Wildman–Crippen MR) is 116 cm³/mol. The topological polar surface area (TPSA) is 139 Å². The van der Waals surface area contributed by atoms with Gasteiger partial charge in [-0.15, -0.1) is 0 Å². The van der Waals surface area contributed by atoms with Crippen LogP contribution in [-0.2, 0) is 14.6 Å². The van der Waals surface area contributed by atoms with Crippen LogP contribution in [-0.4, -0.2) is 51.5 Å². The van der Waals surface area contributed by atoms with Gasteiger partial charge in [0, 0.05) is 31.4 Å². The fourth-order valence-corrected chi connectivity index (χ4v) is 4.83. The second-order valence-electron chi connectivity index (χ2n) is 6.97. The fourth-order valence-electron chi connectivity index (χ4n) is 3.08. The van der Waals surface area contributed by atoms with Gasteiger partial charge in [0.2, 0.25) is 15.7 Å². The number of methoxy groups -OCH3 is 1. The average Bonchev–Trinajstić information content (AvgIpc) is 2.74. The van der Waals surface area contributed by atoms with Crippen molar-refractivity contribution in [2.45, 2.75) is 23.6 Å². The molecule has 0 saturated heterocycles. The molecule has 0 aliphatic rings. The molecule has 2 rings (SSSR count). The van der Waals surface area contributed by atoms with Crippen LogP contribution in [0.25, 0.3) is 6.08 Å². The molecule has 0 atom stereocenters. The quantitative estimate of drug-likeness (QED) is 0.266. The second kappa shape index (κ2) is 9.19. The number of nitrogens with zero attached hydrogens (tertiary/aromatic N) is 1. The summed E-state index contributed by atoms with van der Waals surface area (Å²) in [4.78, 5) is 25.4. The highest BCUT2D eigenvalue weighted by Crippen LogP contribution is 2.37. The van der Waals surface area contributed by atoms with Crippen molar-refractivity contribution in [3.8, 4) is 5.75 Å². The number of carbonyl (C=O) groups is 2. The number of nitrogens with two attached hydrogens (primary N) is 1. The molecule has 0 aromatic heterocycles. The van der Waals surface area contributed by atoms with Crippen molar-refractivity contribution in [2.24, 2.45) is 0 Å². The molecular formula is C21H25N3O6S. The number of hydroxylamine groups is 1. The Morgan fingerprint density at radius 2 is 1.71 bits per heavy atom. The van der Waals surface area contributed by atoms with Crippen LogP contribution in [0.4, 0.5) is 5.69 Å². The van der Waals surface area contributed by atoms with Crippen LogP contribution in [0.2, 0.25) is 0 Å². The summed E-state index contributed by atoms with van der Waals surface area (Å²) in [5.41, 5.74) is 8.18. The van der Waals surface area contributed by atoms with Gasteiger partial charge in [0.05, 0.1) is 22.5 Å². The molecule has 2 aromatic carbocycles. The lowest BCUT2D eigenvalue weighted by molar-refractivity contribution is -0.123. The minimum absolute atomic E-state index is 0.0757. The molecule has 2 amide bonds. The number of ether oxygens (including phenoxy) is 1. The lowest BCUT2D eigenvalue weighted by atomic mass is 9.95. The van der Waals surface area contributed by atoms with Crippen LogP contribution in [0.1, 0.15) is 27.0 Å². The molecule has 0 bridgehead atoms. The first-order valence-corrected chi connectivity index (χ1v) is 10.6. The van der Waals surface area contributed by atoms with Crippen molar-refractivity contribution in [1.82, 2.24) is 10.4 Å². The standard InChI is InChI=1S/C21H25N3O6S/c1-12-16(10-11-17(25)24(3)4)19(22)13(2)20(18(12)21(26)23-27)31(28,29)15-8-6-14(30-5)7-9-15/h6-11,27H,22H2,1-5H3,(H,23,26). The lowest BCUT2D eigenvalue weighted by Crippen LogP contribution is -2.25. The molecule has 0 aliphatic carbocycles. The fraction of sp³-hybridized carbons (Fsp3) is 0.238. The SMILES string of the molecule is COc1ccc(S(=O)(=O)c2c(C)c(N)c(C=CC(=O)N(C)C)c(C)c2C(=O)NO)cc1. The first-order valence-electron chi connectivity index (χ1n) is 9.12. The van der Waals surface area contributed by atoms with E-state index >= 15 is 0 Å². The van der Waals surface area contributed by atoms with Crippen LogP contribution in [0.5, 0.6) is 5.75 Å². The number of amides is 2. The highest BCUT2D eigenvalue weighted by Gasteiger charge is 2.31. The van der Waals surface area contributed by atoms with Crippen molar-refractivity contribution in [3.05, 3.63) is 52.6 Å². The summed E-state index contributed by atoms with van der Waals surface area (Å²) in [6, 6.07) is 5.66. The van der Waals surface area contributed by atoms with E-state index in [1.165, 1.54) is 67.8 Å². The summed E-state index contributed by atoms with van der Waals surface area (Å²) in [5.74, 6) is -0.869. The third-order valence-corrected chi connectivity index (χ3v) is 6.78. The largest absolute Gasteiger partial charge is 0.497 e. The number of rotatable bonds is 6. The molecule has 4 N–H and O–H groups in total. The number of anilines is 1. The van der Waals surface area contributed by atoms with E-state index in [4.69, 9.17) is 10.5 Å². The van der Waals surface area contributed by atoms with E-state index in [0.29, 0.717) is 11.3 Å². The Bertz CT molecular complexity index is 1150. The van der Waals surface area contributed by atoms with Crippen molar-refractivity contribution in [3.63, 3.8) is 0 Å². The van der Waals surface area contributed by atoms with Crippen LogP contribution < -0.4 is 16.0 Å². The third-order valence-electron chi connectivity index (χ3n) is 4.84. The van der Waals surface area contributed by atoms with Crippen molar-refractivity contribution in [1.29, 1.82) is 0 Å². The molecule has 9 nitrogen and oxygen atoms in total. The van der Waals surface area contributed by atoms with Gasteiger partial charge < -0.3 is 15.4 Å². The first-order chi connectivity index (χ1) is 14.5. The molecule has 0 spiro atoms. The number of sulfone groups is 1. The molecule has 0 heterocycles. The van der Waals surface area contributed by atoms with E-state index in [9.17, 15) is 23.2 Å². The molecule has 0 saturated carbocycles. The monoisotopic (exact) mass is 447 g/mol. The predicted octanol–water partition coefficient (Wildman–Crippen LogP) is 1.95. The maximum Gasteiger partial charge on any atom is 0.276 e. The summed E-state index contributed by atoms with van der Waals surface area (Å²) in [6.07, 6.45) is 2.67. The van der Waals surface area contributed by atoms with E-state index in [2.05, 4.69) is 0 Å². The molecule has 31 heavy (non-hydrogen) atoms. The Morgan fingerprint density at radius 3 is 2.19 bits per heavy atom. The zero-order chi connectivity index (χ0) is 23.5. The second-order valence-corrected chi connectivity index (χ2v) is 8.85. The van der Waals surface area contributed by atoms with Crippen molar-refractivity contribution in [2.75, 3.05) is 26.9 Å². The summed E-state index contributed by atoms with van der Waals surface area (Å²) >= 11 is 0. The van der Waals surface area contributed by atoms with Gasteiger partial charge in [-0.1, -0.05) is 0 Å². The minimum atomic E-state index is -4.19. The number of likely N-dealkylation sites (N-methyl/N-ethyl adjacent to an activating group) is 1. The van der Waals surface area contributed by atoms with Crippen LogP contribution >= 0.6 is 0 Å². The van der Waals surface area contributed by atoms with Crippen LogP contribution in [0, 0.1) is 13.8 Å². The maximum absolute atomic E-state index is 13.4. The number of hydrogen-bond donors (Lipinski definition) is 3. The molecule has 2 aromatic rings. The minimum Gasteiger partial charge on any atom is -0.497 e. The van der Waals surface area contributed by atoms with Crippen LogP contribution in [0.3, 0.4) is 0 Å². The number of hydrogen-bond acceptors (Lipinski definition) is 7. The van der Waals surface area contributed by atoms with Gasteiger partial charge in [-0.2, -0.15) is 0 Å². The van der Waals surface area contributed by atoms with E-state index < -0.39 is 15.7 Å². The van der Waals surface area contributed by atoms with Gasteiger partial charge in [0.25, 0.3) is 5.91 Å². The van der Waals surface area contributed by atoms with Gasteiger partial charge in [-0.05, 0) is 55.3 Å². The van der Waals surface area contributed by atoms with Gasteiger partial charge >= 0.3 is 0 Å². The lowest BCUT2D eigenvalue weighted by Gasteiger charge is -2.20. The Labute approximate surface area is 181 Å². The zero-order valence-electron chi connectivity index (χ0n) is 17.9. The Morgan fingerprint density at radius 1 is 1.13 bits per heavy atom. The maximum atomic E-state index is 13.4. The third kappa shape index (κ3) is 4.54. The van der Waals surface area contributed by atoms with E-state index in [1.54, 1.807) is 14.1 Å². The molecular weight excluding hydrogens is 422 g/mol. The van der Waals surface area contributed by atoms with E-state index in [-0.39, 0.29) is 38.1 Å². The smallest absolute Gasteiger partial charge is 0.276 e. The summed E-state index contributed by atoms with van der Waals surface area (Å²) in [5, 5.41) is 9.26. The van der Waals surface area contributed by atoms with Crippen LogP contribution in [0.15, 0.2) is 40.1 Å². The summed E-state index contributed by atoms with van der Waals surface area (Å²) < 4.78 is 31.9. The Balaban J connectivity index is 2.84. The van der Waals surface area contributed by atoms with E-state index in [1.807, 2.05) is 0 Å². The summed E-state index contributed by atoms with van der Waals surface area (Å²) in [6.45, 7) is 2.96. The number of benzene rings is 2. The Hall–Kier alpha value is -3.37. The molecule has 0 unspecified atom stereocenters. The number of nitrogen functional groups attached to an aromatic ring is 1. The van der Waals surface area contributed by atoms with Gasteiger partial charge in [0.15, 0.2) is 0 Å². The molecule has 0 radical (unpaired) electrons. The molecule has 166 valence electrons. The van der Waals surface area contributed by atoms with Crippen molar-refractivity contribution >= 4 is 33.4 Å². The zero-order valence-corrected chi connectivity index (χ0v) is 18.7. The highest BCUT2D eigenvalue weighted by atomic mass is 32.2. The van der Waals surface area contributed by atoms with Crippen molar-refractivity contribution < 1.29 is 28.0 Å². The van der Waals surface area contributed by atoms with Gasteiger partial charge in [-0.25, -0.2) is 13.9 Å². The number of nitrogens with one attached hydrogen (secondary N) is 1. The van der Waals surface area contributed by atoms with E-state index in [0.717, 1.165) is 0 Å². The molecule has 0 fully saturated rings. The normalized spacial score (nSPS) is 11.4. The Kier molecular flexibility index (Phi) is 7.09.